The van der Waals surface area contributed by atoms with E-state index in [-0.39, 0.29) is 10.9 Å². The van der Waals surface area contributed by atoms with Gasteiger partial charge in [-0.15, -0.1) is 0 Å². The molecule has 1 aromatic heterocycles. The van der Waals surface area contributed by atoms with Crippen molar-refractivity contribution in [3.8, 4) is 0 Å². The molecular weight excluding hydrogens is 250 g/mol. The summed E-state index contributed by atoms with van der Waals surface area (Å²) in [6.45, 7) is 2.13. The van der Waals surface area contributed by atoms with Gasteiger partial charge in [-0.25, -0.2) is 0 Å². The second kappa shape index (κ2) is 5.45. The zero-order chi connectivity index (χ0) is 13.1. The van der Waals surface area contributed by atoms with Crippen LogP contribution in [-0.2, 0) is 5.75 Å². The Labute approximate surface area is 117 Å². The van der Waals surface area contributed by atoms with Gasteiger partial charge in [-0.1, -0.05) is 36.4 Å². The van der Waals surface area contributed by atoms with E-state index in [4.69, 9.17) is 0 Å². The topological polar surface area (TPSA) is 12.9 Å². The van der Waals surface area contributed by atoms with Crippen LogP contribution in [0.3, 0.4) is 0 Å². The molecule has 0 N–H and O–H groups in total. The minimum absolute atomic E-state index is 0.384. The number of thiol groups is 1. The van der Waals surface area contributed by atoms with E-state index >= 15 is 0 Å². The SMILES string of the molecule is Cc1cccnc1C[SH]1[C]=CC=C1c1ccccc1. The normalized spacial score (nSPS) is 19.4. The summed E-state index contributed by atoms with van der Waals surface area (Å²) in [7, 11) is -0.384. The molecule has 2 heterocycles. The second-order valence-electron chi connectivity index (χ2n) is 4.57. The molecule has 0 spiro atoms. The van der Waals surface area contributed by atoms with Crippen LogP contribution in [0.2, 0.25) is 0 Å². The fraction of sp³-hybridized carbons (Fsp3) is 0.118. The average Bonchev–Trinajstić information content (AvgIpc) is 2.91. The van der Waals surface area contributed by atoms with Crippen LogP contribution >= 0.6 is 10.9 Å². The third kappa shape index (κ3) is 2.64. The van der Waals surface area contributed by atoms with Crippen molar-refractivity contribution >= 4 is 15.8 Å². The first-order valence-corrected chi connectivity index (χ1v) is 7.90. The summed E-state index contributed by atoms with van der Waals surface area (Å²) in [5.41, 5.74) is 3.77. The van der Waals surface area contributed by atoms with Gasteiger partial charge in [-0.3, -0.25) is 4.98 Å². The van der Waals surface area contributed by atoms with Crippen molar-refractivity contribution in [3.05, 3.63) is 83.0 Å². The van der Waals surface area contributed by atoms with Crippen molar-refractivity contribution < 1.29 is 0 Å². The lowest BCUT2D eigenvalue weighted by molar-refractivity contribution is 1.13. The van der Waals surface area contributed by atoms with Crippen molar-refractivity contribution in [2.24, 2.45) is 0 Å². The standard InChI is InChI=1S/C17H16NS/c1-14-7-5-11-18-16(14)13-19-12-6-10-17(19)15-8-3-2-4-9-15/h2-11,19H,13H2,1H3. The molecule has 0 bridgehead atoms. The smallest absolute Gasteiger partial charge is 0.0520 e. The van der Waals surface area contributed by atoms with Gasteiger partial charge in [-0.2, -0.15) is 10.9 Å². The molecule has 1 unspecified atom stereocenters. The molecule has 0 saturated carbocycles. The van der Waals surface area contributed by atoms with Gasteiger partial charge in [0.15, 0.2) is 0 Å². The minimum atomic E-state index is -0.384. The molecule has 1 aromatic carbocycles. The van der Waals surface area contributed by atoms with Crippen LogP contribution < -0.4 is 0 Å². The van der Waals surface area contributed by atoms with E-state index < -0.39 is 0 Å². The number of benzene rings is 1. The first-order chi connectivity index (χ1) is 9.34. The third-order valence-corrected chi connectivity index (χ3v) is 5.32. The molecule has 1 atom stereocenters. The summed E-state index contributed by atoms with van der Waals surface area (Å²) in [6.07, 6.45) is 6.13. The fourth-order valence-electron chi connectivity index (χ4n) is 2.19. The van der Waals surface area contributed by atoms with Gasteiger partial charge >= 0.3 is 0 Å². The van der Waals surface area contributed by atoms with Crippen molar-refractivity contribution in [1.82, 2.24) is 4.98 Å². The van der Waals surface area contributed by atoms with Crippen molar-refractivity contribution in [2.45, 2.75) is 12.7 Å². The highest BCUT2D eigenvalue weighted by Gasteiger charge is 2.15. The number of hydrogen-bond donors (Lipinski definition) is 1. The molecule has 1 nitrogen and oxygen atoms in total. The van der Waals surface area contributed by atoms with Gasteiger partial charge < -0.3 is 0 Å². The molecule has 19 heavy (non-hydrogen) atoms. The molecule has 0 saturated heterocycles. The van der Waals surface area contributed by atoms with Gasteiger partial charge in [0.05, 0.1) is 5.69 Å². The van der Waals surface area contributed by atoms with Crippen molar-refractivity contribution in [3.63, 3.8) is 0 Å². The number of aromatic nitrogens is 1. The van der Waals surface area contributed by atoms with Gasteiger partial charge in [0, 0.05) is 17.4 Å². The number of hydrogen-bond acceptors (Lipinski definition) is 1. The third-order valence-electron chi connectivity index (χ3n) is 3.26. The number of pyridine rings is 1. The maximum atomic E-state index is 4.50. The summed E-state index contributed by atoms with van der Waals surface area (Å²) in [5.74, 6) is 0.985. The van der Waals surface area contributed by atoms with Crippen LogP contribution in [0.15, 0.2) is 60.8 Å². The Hall–Kier alpha value is -1.80. The van der Waals surface area contributed by atoms with Gasteiger partial charge in [0.25, 0.3) is 0 Å². The van der Waals surface area contributed by atoms with E-state index in [1.807, 2.05) is 12.3 Å². The molecule has 1 aliphatic rings. The number of allylic oxidation sites excluding steroid dienone is 2. The maximum absolute atomic E-state index is 4.50. The quantitative estimate of drug-likeness (QED) is 0.819. The Morgan fingerprint density at radius 3 is 2.74 bits per heavy atom. The predicted molar refractivity (Wildman–Crippen MR) is 83.9 cm³/mol. The molecular formula is C17H16NS. The number of nitrogens with zero attached hydrogens (tertiary/aromatic N) is 1. The average molecular weight is 266 g/mol. The highest BCUT2D eigenvalue weighted by Crippen LogP contribution is 2.48. The van der Waals surface area contributed by atoms with Crippen LogP contribution in [0, 0.1) is 12.3 Å². The summed E-state index contributed by atoms with van der Waals surface area (Å²) < 4.78 is 0. The Balaban J connectivity index is 1.84. The van der Waals surface area contributed by atoms with E-state index in [1.54, 1.807) is 0 Å². The Morgan fingerprint density at radius 1 is 1.11 bits per heavy atom. The molecule has 95 valence electrons. The highest BCUT2D eigenvalue weighted by molar-refractivity contribution is 8.26. The van der Waals surface area contributed by atoms with Crippen LogP contribution in [0.4, 0.5) is 0 Å². The Bertz CT molecular complexity index is 629. The van der Waals surface area contributed by atoms with E-state index in [0.717, 1.165) is 5.75 Å². The van der Waals surface area contributed by atoms with E-state index in [0.29, 0.717) is 0 Å². The second-order valence-corrected chi connectivity index (χ2v) is 6.48. The van der Waals surface area contributed by atoms with Crippen molar-refractivity contribution in [1.29, 1.82) is 0 Å². The Kier molecular flexibility index (Phi) is 3.51. The summed E-state index contributed by atoms with van der Waals surface area (Å²) in [5, 5.41) is 3.49. The zero-order valence-corrected chi connectivity index (χ0v) is 11.8. The van der Waals surface area contributed by atoms with Crippen LogP contribution in [0.25, 0.3) is 4.91 Å². The molecule has 0 fully saturated rings. The minimum Gasteiger partial charge on any atom is -0.260 e. The molecule has 2 heteroatoms. The number of aryl methyl sites for hydroxylation is 1. The monoisotopic (exact) mass is 266 g/mol. The van der Waals surface area contributed by atoms with Gasteiger partial charge in [0.1, 0.15) is 0 Å². The lowest BCUT2D eigenvalue weighted by Crippen LogP contribution is -1.94. The molecule has 2 aromatic rings. The van der Waals surface area contributed by atoms with E-state index in [9.17, 15) is 0 Å². The molecule has 1 radical (unpaired) electrons. The largest absolute Gasteiger partial charge is 0.260 e. The lowest BCUT2D eigenvalue weighted by atomic mass is 10.2. The van der Waals surface area contributed by atoms with Crippen LogP contribution in [-0.4, -0.2) is 4.98 Å². The lowest BCUT2D eigenvalue weighted by Gasteiger charge is -2.18. The van der Waals surface area contributed by atoms with E-state index in [1.165, 1.54) is 21.7 Å². The molecule has 0 aliphatic carbocycles. The Morgan fingerprint density at radius 2 is 1.95 bits per heavy atom. The fourth-order valence-corrected chi connectivity index (χ4v) is 4.19. The predicted octanol–water partition coefficient (Wildman–Crippen LogP) is 4.26. The summed E-state index contributed by atoms with van der Waals surface area (Å²) >= 11 is 0. The van der Waals surface area contributed by atoms with Crippen LogP contribution in [0.1, 0.15) is 16.8 Å². The first-order valence-electron chi connectivity index (χ1n) is 6.38. The molecule has 3 rings (SSSR count). The van der Waals surface area contributed by atoms with Gasteiger partial charge in [-0.05, 0) is 41.2 Å². The van der Waals surface area contributed by atoms with Gasteiger partial charge in [0.2, 0.25) is 0 Å². The first kappa shape index (κ1) is 12.2. The van der Waals surface area contributed by atoms with Crippen LogP contribution in [0.5, 0.6) is 0 Å². The maximum Gasteiger partial charge on any atom is 0.0520 e. The zero-order valence-electron chi connectivity index (χ0n) is 10.9. The molecule has 0 amide bonds. The molecule has 1 aliphatic heterocycles. The van der Waals surface area contributed by atoms with E-state index in [2.05, 4.69) is 65.9 Å². The number of rotatable bonds is 3. The summed E-state index contributed by atoms with van der Waals surface area (Å²) in [6, 6.07) is 14.7. The van der Waals surface area contributed by atoms with Crippen molar-refractivity contribution in [2.75, 3.05) is 0 Å². The highest BCUT2D eigenvalue weighted by atomic mass is 32.2. The summed E-state index contributed by atoms with van der Waals surface area (Å²) in [4.78, 5) is 5.91.